The summed E-state index contributed by atoms with van der Waals surface area (Å²) in [5.41, 5.74) is 0.117. The zero-order valence-corrected chi connectivity index (χ0v) is 13.1. The molecule has 0 radical (unpaired) electrons. The van der Waals surface area contributed by atoms with E-state index in [-0.39, 0.29) is 5.54 Å². The van der Waals surface area contributed by atoms with Crippen LogP contribution in [-0.4, -0.2) is 66.8 Å². The van der Waals surface area contributed by atoms with Gasteiger partial charge in [0.15, 0.2) is 0 Å². The largest absolute Gasteiger partial charge is 0.401 e. The zero-order chi connectivity index (χ0) is 15.4. The number of halogens is 3. The number of nitrogens with one attached hydrogen (secondary N) is 1. The van der Waals surface area contributed by atoms with Crippen LogP contribution in [0.15, 0.2) is 0 Å². The fourth-order valence-corrected chi connectivity index (χ4v) is 2.29. The van der Waals surface area contributed by atoms with Crippen molar-refractivity contribution in [2.45, 2.75) is 51.9 Å². The van der Waals surface area contributed by atoms with Crippen LogP contribution in [0.3, 0.4) is 0 Å². The molecule has 1 heterocycles. The Balaban J connectivity index is 2.30. The molecule has 0 aromatic carbocycles. The minimum atomic E-state index is -4.08. The molecular weight excluding hydrogens is 267 g/mol. The van der Waals surface area contributed by atoms with E-state index in [1.165, 1.54) is 4.90 Å². The summed E-state index contributed by atoms with van der Waals surface area (Å²) in [4.78, 5) is 3.76. The summed E-state index contributed by atoms with van der Waals surface area (Å²) < 4.78 is 37.0. The van der Waals surface area contributed by atoms with Crippen LogP contribution in [0.1, 0.15) is 34.1 Å². The standard InChI is InChI=1S/C14H28F3N3/c1-5-13(3,4)18-10-12(2)20-8-6-19(7-9-20)11-14(15,16)17/h12,18H,5-11H2,1-4H3. The van der Waals surface area contributed by atoms with Gasteiger partial charge in [-0.15, -0.1) is 0 Å². The van der Waals surface area contributed by atoms with Crippen molar-refractivity contribution < 1.29 is 13.2 Å². The van der Waals surface area contributed by atoms with Crippen molar-refractivity contribution in [3.05, 3.63) is 0 Å². The van der Waals surface area contributed by atoms with Crippen molar-refractivity contribution in [2.24, 2.45) is 0 Å². The predicted molar refractivity (Wildman–Crippen MR) is 75.9 cm³/mol. The number of piperazine rings is 1. The summed E-state index contributed by atoms with van der Waals surface area (Å²) in [5, 5.41) is 3.52. The highest BCUT2D eigenvalue weighted by Gasteiger charge is 2.32. The van der Waals surface area contributed by atoms with E-state index in [1.807, 2.05) is 0 Å². The molecule has 1 aliphatic rings. The lowest BCUT2D eigenvalue weighted by Gasteiger charge is -2.39. The third-order valence-corrected chi connectivity index (χ3v) is 4.19. The van der Waals surface area contributed by atoms with E-state index >= 15 is 0 Å². The number of nitrogens with zero attached hydrogens (tertiary/aromatic N) is 2. The van der Waals surface area contributed by atoms with Crippen LogP contribution in [0.4, 0.5) is 13.2 Å². The molecule has 1 aliphatic heterocycles. The van der Waals surface area contributed by atoms with Gasteiger partial charge in [-0.25, -0.2) is 0 Å². The van der Waals surface area contributed by atoms with E-state index < -0.39 is 12.7 Å². The Morgan fingerprint density at radius 2 is 1.65 bits per heavy atom. The lowest BCUT2D eigenvalue weighted by Crippen LogP contribution is -2.54. The maximum atomic E-state index is 12.3. The smallest absolute Gasteiger partial charge is 0.310 e. The fraction of sp³-hybridized carbons (Fsp3) is 1.00. The molecule has 6 heteroatoms. The van der Waals surface area contributed by atoms with Gasteiger partial charge in [-0.1, -0.05) is 6.92 Å². The number of rotatable bonds is 6. The predicted octanol–water partition coefficient (Wildman–Crippen LogP) is 2.33. The van der Waals surface area contributed by atoms with Gasteiger partial charge in [0, 0.05) is 44.3 Å². The minimum Gasteiger partial charge on any atom is -0.310 e. The van der Waals surface area contributed by atoms with Gasteiger partial charge in [0.1, 0.15) is 0 Å². The summed E-state index contributed by atoms with van der Waals surface area (Å²) in [6.07, 6.45) is -3.03. The molecule has 1 atom stereocenters. The molecule has 1 fully saturated rings. The van der Waals surface area contributed by atoms with E-state index in [9.17, 15) is 13.2 Å². The Hall–Kier alpha value is -0.330. The Morgan fingerprint density at radius 3 is 2.10 bits per heavy atom. The van der Waals surface area contributed by atoms with Gasteiger partial charge >= 0.3 is 6.18 Å². The Bertz CT molecular complexity index is 284. The lowest BCUT2D eigenvalue weighted by molar-refractivity contribution is -0.149. The normalized spacial score (nSPS) is 21.1. The molecule has 0 bridgehead atoms. The molecule has 0 aliphatic carbocycles. The second-order valence-corrected chi connectivity index (χ2v) is 6.39. The van der Waals surface area contributed by atoms with Gasteiger partial charge in [-0.05, 0) is 27.2 Å². The van der Waals surface area contributed by atoms with Gasteiger partial charge < -0.3 is 5.32 Å². The molecule has 20 heavy (non-hydrogen) atoms. The van der Waals surface area contributed by atoms with Crippen molar-refractivity contribution in [3.63, 3.8) is 0 Å². The molecule has 1 unspecified atom stereocenters. The summed E-state index contributed by atoms with van der Waals surface area (Å²) in [5.74, 6) is 0. The van der Waals surface area contributed by atoms with Gasteiger partial charge in [0.25, 0.3) is 0 Å². The first kappa shape index (κ1) is 17.7. The second-order valence-electron chi connectivity index (χ2n) is 6.39. The Labute approximate surface area is 120 Å². The molecule has 1 N–H and O–H groups in total. The molecule has 0 saturated carbocycles. The fourth-order valence-electron chi connectivity index (χ4n) is 2.29. The molecule has 1 rings (SSSR count). The molecule has 0 spiro atoms. The van der Waals surface area contributed by atoms with Gasteiger partial charge in [0.05, 0.1) is 6.54 Å². The van der Waals surface area contributed by atoms with Crippen LogP contribution >= 0.6 is 0 Å². The van der Waals surface area contributed by atoms with Crippen molar-refractivity contribution in [3.8, 4) is 0 Å². The van der Waals surface area contributed by atoms with Crippen molar-refractivity contribution in [1.29, 1.82) is 0 Å². The molecule has 0 amide bonds. The van der Waals surface area contributed by atoms with E-state index in [0.717, 1.165) is 13.0 Å². The quantitative estimate of drug-likeness (QED) is 0.811. The van der Waals surface area contributed by atoms with Crippen molar-refractivity contribution in [1.82, 2.24) is 15.1 Å². The molecular formula is C14H28F3N3. The highest BCUT2D eigenvalue weighted by molar-refractivity contribution is 4.82. The summed E-state index contributed by atoms with van der Waals surface area (Å²) >= 11 is 0. The van der Waals surface area contributed by atoms with Gasteiger partial charge in [-0.2, -0.15) is 13.2 Å². The topological polar surface area (TPSA) is 18.5 Å². The average Bonchev–Trinajstić information content (AvgIpc) is 2.35. The third-order valence-electron chi connectivity index (χ3n) is 4.19. The lowest BCUT2D eigenvalue weighted by atomic mass is 10.0. The first-order valence-electron chi connectivity index (χ1n) is 7.41. The van der Waals surface area contributed by atoms with Gasteiger partial charge in [-0.3, -0.25) is 9.80 Å². The monoisotopic (exact) mass is 295 g/mol. The summed E-state index contributed by atoms with van der Waals surface area (Å²) in [6, 6.07) is 0.355. The maximum absolute atomic E-state index is 12.3. The molecule has 120 valence electrons. The second kappa shape index (κ2) is 7.09. The van der Waals surface area contributed by atoms with Gasteiger partial charge in [0.2, 0.25) is 0 Å². The van der Waals surface area contributed by atoms with Crippen LogP contribution in [0.5, 0.6) is 0 Å². The van der Waals surface area contributed by atoms with Crippen LogP contribution in [0.25, 0.3) is 0 Å². The summed E-state index contributed by atoms with van der Waals surface area (Å²) in [6.45, 7) is 11.1. The van der Waals surface area contributed by atoms with Crippen LogP contribution < -0.4 is 5.32 Å². The maximum Gasteiger partial charge on any atom is 0.401 e. The molecule has 3 nitrogen and oxygen atoms in total. The first-order valence-corrected chi connectivity index (χ1v) is 7.41. The number of alkyl halides is 3. The highest BCUT2D eigenvalue weighted by Crippen LogP contribution is 2.18. The van der Waals surface area contributed by atoms with E-state index in [4.69, 9.17) is 0 Å². The Kier molecular flexibility index (Phi) is 6.28. The van der Waals surface area contributed by atoms with Crippen LogP contribution in [0.2, 0.25) is 0 Å². The number of hydrogen-bond acceptors (Lipinski definition) is 3. The minimum absolute atomic E-state index is 0.117. The van der Waals surface area contributed by atoms with Crippen molar-refractivity contribution in [2.75, 3.05) is 39.3 Å². The molecule has 0 aromatic rings. The van der Waals surface area contributed by atoms with E-state index in [0.29, 0.717) is 32.2 Å². The Morgan fingerprint density at radius 1 is 1.10 bits per heavy atom. The zero-order valence-electron chi connectivity index (χ0n) is 13.1. The van der Waals surface area contributed by atoms with Crippen LogP contribution in [0, 0.1) is 0 Å². The first-order chi connectivity index (χ1) is 9.13. The summed E-state index contributed by atoms with van der Waals surface area (Å²) in [7, 11) is 0. The molecule has 0 aromatic heterocycles. The number of hydrogen-bond donors (Lipinski definition) is 1. The average molecular weight is 295 g/mol. The van der Waals surface area contributed by atoms with Crippen LogP contribution in [-0.2, 0) is 0 Å². The van der Waals surface area contributed by atoms with Crippen molar-refractivity contribution >= 4 is 0 Å². The van der Waals surface area contributed by atoms with E-state index in [2.05, 4.69) is 37.9 Å². The third kappa shape index (κ3) is 6.41. The van der Waals surface area contributed by atoms with E-state index in [1.54, 1.807) is 0 Å². The SMILES string of the molecule is CCC(C)(C)NCC(C)N1CCN(CC(F)(F)F)CC1. The molecule has 1 saturated heterocycles. The highest BCUT2D eigenvalue weighted by atomic mass is 19.4.